The monoisotopic (exact) mass is 338 g/mol. The lowest BCUT2D eigenvalue weighted by atomic mass is 10.1. The number of halogens is 1. The first kappa shape index (κ1) is 14.7. The molecule has 1 aliphatic rings. The number of hydrogen-bond acceptors (Lipinski definition) is 3. The Balaban J connectivity index is 1.84. The molecule has 0 aliphatic carbocycles. The van der Waals surface area contributed by atoms with E-state index >= 15 is 0 Å². The Hall–Kier alpha value is -1.69. The summed E-state index contributed by atoms with van der Waals surface area (Å²) in [6.45, 7) is 0.420. The summed E-state index contributed by atoms with van der Waals surface area (Å²) in [5.74, 6) is -0.182. The second kappa shape index (κ2) is 6.17. The van der Waals surface area contributed by atoms with E-state index in [9.17, 15) is 14.4 Å². The third-order valence-electron chi connectivity index (χ3n) is 3.18. The van der Waals surface area contributed by atoms with Crippen molar-refractivity contribution in [3.8, 4) is 0 Å². The minimum atomic E-state index is -0.286. The van der Waals surface area contributed by atoms with Crippen LogP contribution >= 0.6 is 15.9 Å². The van der Waals surface area contributed by atoms with Crippen LogP contribution in [-0.2, 0) is 4.79 Å². The number of nitrogens with zero attached hydrogens (tertiary/aromatic N) is 2. The second-order valence-corrected chi connectivity index (χ2v) is 5.63. The molecule has 0 spiro atoms. The van der Waals surface area contributed by atoms with E-state index < -0.39 is 0 Å². The minimum Gasteiger partial charge on any atom is -0.318 e. The van der Waals surface area contributed by atoms with Gasteiger partial charge in [-0.3, -0.25) is 14.5 Å². The number of amides is 3. The first-order valence-corrected chi connectivity index (χ1v) is 7.12. The smallest absolute Gasteiger partial charge is 0.318 e. The zero-order chi connectivity index (χ0) is 14.7. The van der Waals surface area contributed by atoms with Gasteiger partial charge in [-0.2, -0.15) is 0 Å². The van der Waals surface area contributed by atoms with Gasteiger partial charge in [-0.15, -0.1) is 0 Å². The Morgan fingerprint density at radius 2 is 1.90 bits per heavy atom. The van der Waals surface area contributed by atoms with E-state index in [0.717, 1.165) is 4.47 Å². The third kappa shape index (κ3) is 3.25. The van der Waals surface area contributed by atoms with Crippen molar-refractivity contribution in [2.24, 2.45) is 0 Å². The molecule has 1 saturated heterocycles. The highest BCUT2D eigenvalue weighted by Gasteiger charge is 2.32. The van der Waals surface area contributed by atoms with Gasteiger partial charge in [0.25, 0.3) is 0 Å². The van der Waals surface area contributed by atoms with Crippen molar-refractivity contribution in [1.82, 2.24) is 9.80 Å². The van der Waals surface area contributed by atoms with Crippen LogP contribution in [0.15, 0.2) is 28.7 Å². The summed E-state index contributed by atoms with van der Waals surface area (Å²) in [7, 11) is 1.59. The van der Waals surface area contributed by atoms with Gasteiger partial charge in [-0.25, -0.2) is 4.79 Å². The van der Waals surface area contributed by atoms with Crippen LogP contribution in [0.4, 0.5) is 4.79 Å². The van der Waals surface area contributed by atoms with E-state index in [2.05, 4.69) is 15.9 Å². The Bertz CT molecular complexity index is 542. The van der Waals surface area contributed by atoms with Crippen LogP contribution in [0, 0.1) is 0 Å². The fourth-order valence-electron chi connectivity index (χ4n) is 2.07. The van der Waals surface area contributed by atoms with Crippen LogP contribution in [0.2, 0.25) is 0 Å². The number of likely N-dealkylation sites (N-methyl/N-ethyl adjacent to an activating group) is 1. The molecule has 1 heterocycles. The third-order valence-corrected chi connectivity index (χ3v) is 3.71. The predicted molar refractivity (Wildman–Crippen MR) is 77.4 cm³/mol. The largest absolute Gasteiger partial charge is 0.326 e. The lowest BCUT2D eigenvalue weighted by Crippen LogP contribution is -2.32. The quantitative estimate of drug-likeness (QED) is 0.611. The van der Waals surface area contributed by atoms with Crippen molar-refractivity contribution in [3.05, 3.63) is 34.3 Å². The van der Waals surface area contributed by atoms with E-state index in [0.29, 0.717) is 24.9 Å². The molecule has 6 heteroatoms. The SMILES string of the molecule is CN1CC(=O)N(CCCC(=O)c2ccc(Br)cc2)C1=O. The summed E-state index contributed by atoms with van der Waals surface area (Å²) in [5.41, 5.74) is 0.643. The molecule has 0 N–H and O–H groups in total. The first-order chi connectivity index (χ1) is 9.49. The average molecular weight is 339 g/mol. The van der Waals surface area contributed by atoms with E-state index in [1.807, 2.05) is 12.1 Å². The summed E-state index contributed by atoms with van der Waals surface area (Å²) in [4.78, 5) is 37.7. The molecule has 0 unspecified atom stereocenters. The molecule has 0 bridgehead atoms. The molecule has 0 atom stereocenters. The molecule has 1 aliphatic heterocycles. The number of imide groups is 1. The first-order valence-electron chi connectivity index (χ1n) is 6.33. The molecule has 20 heavy (non-hydrogen) atoms. The molecule has 106 valence electrons. The highest BCUT2D eigenvalue weighted by atomic mass is 79.9. The molecule has 1 fully saturated rings. The van der Waals surface area contributed by atoms with Crippen LogP contribution in [-0.4, -0.2) is 47.7 Å². The van der Waals surface area contributed by atoms with Gasteiger partial charge < -0.3 is 4.90 Å². The fraction of sp³-hybridized carbons (Fsp3) is 0.357. The normalized spacial score (nSPS) is 15.1. The van der Waals surface area contributed by atoms with Gasteiger partial charge in [-0.1, -0.05) is 28.1 Å². The second-order valence-electron chi connectivity index (χ2n) is 4.72. The van der Waals surface area contributed by atoms with Crippen LogP contribution in [0.5, 0.6) is 0 Å². The Kier molecular flexibility index (Phi) is 4.54. The van der Waals surface area contributed by atoms with Gasteiger partial charge in [0.15, 0.2) is 5.78 Å². The molecular weight excluding hydrogens is 324 g/mol. The number of carbonyl (C=O) groups is 3. The molecule has 0 saturated carbocycles. The van der Waals surface area contributed by atoms with Gasteiger partial charge >= 0.3 is 6.03 Å². The van der Waals surface area contributed by atoms with E-state index in [4.69, 9.17) is 0 Å². The number of hydrogen-bond donors (Lipinski definition) is 0. The highest BCUT2D eigenvalue weighted by molar-refractivity contribution is 9.10. The number of rotatable bonds is 5. The molecule has 2 rings (SSSR count). The molecule has 3 amide bonds. The number of urea groups is 1. The summed E-state index contributed by atoms with van der Waals surface area (Å²) >= 11 is 3.31. The van der Waals surface area contributed by atoms with Crippen LogP contribution in [0.3, 0.4) is 0 Å². The molecule has 0 aromatic heterocycles. The van der Waals surface area contributed by atoms with E-state index in [1.54, 1.807) is 19.2 Å². The predicted octanol–water partition coefficient (Wildman–Crippen LogP) is 2.31. The van der Waals surface area contributed by atoms with Gasteiger partial charge in [0, 0.05) is 30.0 Å². The summed E-state index contributed by atoms with van der Waals surface area (Å²) < 4.78 is 0.922. The van der Waals surface area contributed by atoms with Gasteiger partial charge in [-0.05, 0) is 18.6 Å². The van der Waals surface area contributed by atoms with Gasteiger partial charge in [0.2, 0.25) is 5.91 Å². The number of benzene rings is 1. The standard InChI is InChI=1S/C14H15BrN2O3/c1-16-9-13(19)17(14(16)20)8-2-3-12(18)10-4-6-11(15)7-5-10/h4-7H,2-3,8-9H2,1H3. The summed E-state index contributed by atoms with van der Waals surface area (Å²) in [6.07, 6.45) is 0.808. The maximum Gasteiger partial charge on any atom is 0.326 e. The van der Waals surface area contributed by atoms with Gasteiger partial charge in [0.05, 0.1) is 0 Å². The number of Topliss-reactive ketones (excluding diaryl/α,β-unsaturated/α-hetero) is 1. The molecule has 5 nitrogen and oxygen atoms in total. The molecular formula is C14H15BrN2O3. The van der Waals surface area contributed by atoms with Crippen molar-refractivity contribution in [2.45, 2.75) is 12.8 Å². The topological polar surface area (TPSA) is 57.7 Å². The van der Waals surface area contributed by atoms with E-state index in [-0.39, 0.29) is 24.3 Å². The Labute approximate surface area is 125 Å². The van der Waals surface area contributed by atoms with Crippen molar-refractivity contribution in [1.29, 1.82) is 0 Å². The van der Waals surface area contributed by atoms with Crippen LogP contribution in [0.1, 0.15) is 23.2 Å². The molecule has 1 aromatic carbocycles. The highest BCUT2D eigenvalue weighted by Crippen LogP contribution is 2.14. The van der Waals surface area contributed by atoms with Crippen molar-refractivity contribution in [2.75, 3.05) is 20.1 Å². The molecule has 0 radical (unpaired) electrons. The average Bonchev–Trinajstić information content (AvgIpc) is 2.65. The minimum absolute atomic E-state index is 0.0185. The molecule has 1 aromatic rings. The van der Waals surface area contributed by atoms with Crippen LogP contribution in [0.25, 0.3) is 0 Å². The lowest BCUT2D eigenvalue weighted by molar-refractivity contribution is -0.125. The summed E-state index contributed by atoms with van der Waals surface area (Å²) in [6, 6.07) is 6.86. The van der Waals surface area contributed by atoms with Crippen LogP contribution < -0.4 is 0 Å². The van der Waals surface area contributed by atoms with Crippen molar-refractivity contribution >= 4 is 33.7 Å². The zero-order valence-electron chi connectivity index (χ0n) is 11.1. The number of carbonyl (C=O) groups excluding carboxylic acids is 3. The Morgan fingerprint density at radius 3 is 2.45 bits per heavy atom. The Morgan fingerprint density at radius 1 is 1.25 bits per heavy atom. The maximum atomic E-state index is 11.9. The van der Waals surface area contributed by atoms with Crippen molar-refractivity contribution < 1.29 is 14.4 Å². The fourth-order valence-corrected chi connectivity index (χ4v) is 2.33. The lowest BCUT2D eigenvalue weighted by Gasteiger charge is -2.13. The summed E-state index contributed by atoms with van der Waals surface area (Å²) in [5, 5.41) is 0. The van der Waals surface area contributed by atoms with Crippen molar-refractivity contribution in [3.63, 3.8) is 0 Å². The van der Waals surface area contributed by atoms with E-state index in [1.165, 1.54) is 9.80 Å². The number of ketones is 1. The zero-order valence-corrected chi connectivity index (χ0v) is 12.7. The van der Waals surface area contributed by atoms with Gasteiger partial charge in [0.1, 0.15) is 6.54 Å². The maximum absolute atomic E-state index is 11.9.